The Morgan fingerprint density at radius 1 is 1.04 bits per heavy atom. The second kappa shape index (κ2) is 7.43. The predicted molar refractivity (Wildman–Crippen MR) is 84.8 cm³/mol. The van der Waals surface area contributed by atoms with Gasteiger partial charge in [-0.05, 0) is 17.7 Å². The number of hydrogen-bond acceptors (Lipinski definition) is 6. The highest BCUT2D eigenvalue weighted by Gasteiger charge is 2.13. The summed E-state index contributed by atoms with van der Waals surface area (Å²) in [7, 11) is 3.29. The predicted octanol–water partition coefficient (Wildman–Crippen LogP) is 1.18. The molecule has 23 heavy (non-hydrogen) atoms. The molecule has 0 atom stereocenters. The molecule has 7 nitrogen and oxygen atoms in total. The zero-order valence-corrected chi connectivity index (χ0v) is 13.6. The lowest BCUT2D eigenvalue weighted by molar-refractivity contribution is 0.0336. The molecule has 0 radical (unpaired) electrons. The van der Waals surface area contributed by atoms with Crippen molar-refractivity contribution in [3.63, 3.8) is 0 Å². The number of nitrogens with zero attached hydrogens (tertiary/aromatic N) is 4. The van der Waals surface area contributed by atoms with Crippen molar-refractivity contribution in [2.75, 3.05) is 40.5 Å². The van der Waals surface area contributed by atoms with Crippen LogP contribution >= 0.6 is 0 Å². The average Bonchev–Trinajstić information content (AvgIpc) is 3.02. The maximum atomic E-state index is 5.36. The minimum absolute atomic E-state index is 0.629. The summed E-state index contributed by atoms with van der Waals surface area (Å²) >= 11 is 0. The van der Waals surface area contributed by atoms with Gasteiger partial charge in [0.05, 0.1) is 45.9 Å². The van der Waals surface area contributed by atoms with Gasteiger partial charge in [-0.3, -0.25) is 4.90 Å². The molecule has 0 amide bonds. The number of hydrogen-bond donors (Lipinski definition) is 0. The molecule has 1 fully saturated rings. The van der Waals surface area contributed by atoms with Crippen molar-refractivity contribution in [1.82, 2.24) is 19.9 Å². The molecule has 1 saturated heterocycles. The number of morpholine rings is 1. The summed E-state index contributed by atoms with van der Waals surface area (Å²) in [5.41, 5.74) is 2.03. The third-order valence-corrected chi connectivity index (χ3v) is 3.83. The quantitative estimate of drug-likeness (QED) is 0.797. The molecule has 1 aliphatic heterocycles. The number of aromatic nitrogens is 3. The lowest BCUT2D eigenvalue weighted by Crippen LogP contribution is -2.35. The van der Waals surface area contributed by atoms with Gasteiger partial charge >= 0.3 is 0 Å². The van der Waals surface area contributed by atoms with E-state index in [4.69, 9.17) is 14.2 Å². The van der Waals surface area contributed by atoms with Crippen LogP contribution in [0.4, 0.5) is 0 Å². The molecule has 7 heteroatoms. The fraction of sp³-hybridized carbons (Fsp3) is 0.500. The van der Waals surface area contributed by atoms with Gasteiger partial charge < -0.3 is 14.2 Å². The normalized spacial score (nSPS) is 15.6. The Bertz CT molecular complexity index is 616. The topological polar surface area (TPSA) is 61.6 Å². The monoisotopic (exact) mass is 318 g/mol. The molecular formula is C16H22N4O3. The van der Waals surface area contributed by atoms with Crippen LogP contribution < -0.4 is 9.47 Å². The van der Waals surface area contributed by atoms with E-state index in [1.54, 1.807) is 14.2 Å². The second-order valence-corrected chi connectivity index (χ2v) is 5.52. The maximum Gasteiger partial charge on any atom is 0.122 e. The largest absolute Gasteiger partial charge is 0.497 e. The Morgan fingerprint density at radius 2 is 1.74 bits per heavy atom. The van der Waals surface area contributed by atoms with Crippen LogP contribution in [-0.2, 0) is 17.8 Å². The molecule has 0 spiro atoms. The molecule has 1 aromatic heterocycles. The summed E-state index contributed by atoms with van der Waals surface area (Å²) in [6, 6.07) is 5.81. The van der Waals surface area contributed by atoms with E-state index in [-0.39, 0.29) is 0 Å². The number of benzene rings is 1. The first-order chi connectivity index (χ1) is 11.3. The van der Waals surface area contributed by atoms with Crippen LogP contribution in [0.2, 0.25) is 0 Å². The van der Waals surface area contributed by atoms with E-state index < -0.39 is 0 Å². The zero-order valence-electron chi connectivity index (χ0n) is 13.6. The highest BCUT2D eigenvalue weighted by molar-refractivity contribution is 5.38. The van der Waals surface area contributed by atoms with Gasteiger partial charge in [0.1, 0.15) is 11.5 Å². The molecule has 0 aliphatic carbocycles. The van der Waals surface area contributed by atoms with Crippen molar-refractivity contribution in [2.24, 2.45) is 0 Å². The number of rotatable bonds is 6. The summed E-state index contributed by atoms with van der Waals surface area (Å²) in [6.45, 7) is 4.91. The van der Waals surface area contributed by atoms with Crippen molar-refractivity contribution >= 4 is 0 Å². The number of methoxy groups -OCH3 is 2. The molecule has 2 heterocycles. The molecule has 3 rings (SSSR count). The van der Waals surface area contributed by atoms with Crippen molar-refractivity contribution in [1.29, 1.82) is 0 Å². The Morgan fingerprint density at radius 3 is 2.39 bits per heavy atom. The van der Waals surface area contributed by atoms with Crippen molar-refractivity contribution < 1.29 is 14.2 Å². The van der Waals surface area contributed by atoms with Crippen molar-refractivity contribution in [2.45, 2.75) is 13.1 Å². The molecule has 1 aromatic carbocycles. The number of ether oxygens (including phenoxy) is 3. The van der Waals surface area contributed by atoms with Gasteiger partial charge in [0, 0.05) is 25.7 Å². The van der Waals surface area contributed by atoms with E-state index in [0.29, 0.717) is 6.54 Å². The molecule has 0 N–H and O–H groups in total. The van der Waals surface area contributed by atoms with Gasteiger partial charge in [-0.25, -0.2) is 4.68 Å². The van der Waals surface area contributed by atoms with Gasteiger partial charge in [-0.1, -0.05) is 5.21 Å². The van der Waals surface area contributed by atoms with Crippen LogP contribution in [0, 0.1) is 0 Å². The van der Waals surface area contributed by atoms with Crippen LogP contribution in [0.1, 0.15) is 11.3 Å². The molecule has 0 saturated carbocycles. The van der Waals surface area contributed by atoms with Gasteiger partial charge in [0.25, 0.3) is 0 Å². The van der Waals surface area contributed by atoms with E-state index >= 15 is 0 Å². The van der Waals surface area contributed by atoms with Gasteiger partial charge in [0.15, 0.2) is 0 Å². The highest BCUT2D eigenvalue weighted by atomic mass is 16.5. The third-order valence-electron chi connectivity index (χ3n) is 3.83. The zero-order chi connectivity index (χ0) is 16.1. The Labute approximate surface area is 135 Å². The fourth-order valence-corrected chi connectivity index (χ4v) is 2.62. The smallest absolute Gasteiger partial charge is 0.122 e. The van der Waals surface area contributed by atoms with E-state index in [1.807, 2.05) is 29.1 Å². The Hall–Kier alpha value is -2.12. The lowest BCUT2D eigenvalue weighted by Gasteiger charge is -2.25. The van der Waals surface area contributed by atoms with E-state index in [1.165, 1.54) is 0 Å². The molecule has 124 valence electrons. The van der Waals surface area contributed by atoms with Crippen LogP contribution in [0.3, 0.4) is 0 Å². The van der Waals surface area contributed by atoms with Crippen LogP contribution in [-0.4, -0.2) is 60.4 Å². The summed E-state index contributed by atoms with van der Waals surface area (Å²) in [6.07, 6.45) is 1.99. The summed E-state index contributed by atoms with van der Waals surface area (Å²) in [5.74, 6) is 1.54. The van der Waals surface area contributed by atoms with Gasteiger partial charge in [-0.2, -0.15) is 0 Å². The van der Waals surface area contributed by atoms with E-state index in [9.17, 15) is 0 Å². The summed E-state index contributed by atoms with van der Waals surface area (Å²) < 4.78 is 17.8. The Balaban J connectivity index is 1.66. The molecule has 0 bridgehead atoms. The SMILES string of the molecule is COc1cc(Cn2cc(CN3CCOCC3)nn2)cc(OC)c1. The van der Waals surface area contributed by atoms with Gasteiger partial charge in [0.2, 0.25) is 0 Å². The molecular weight excluding hydrogens is 296 g/mol. The van der Waals surface area contributed by atoms with Gasteiger partial charge in [-0.15, -0.1) is 5.10 Å². The average molecular weight is 318 g/mol. The van der Waals surface area contributed by atoms with E-state index in [2.05, 4.69) is 15.2 Å². The molecule has 1 aliphatic rings. The first kappa shape index (κ1) is 15.8. The second-order valence-electron chi connectivity index (χ2n) is 5.52. The van der Waals surface area contributed by atoms with Crippen molar-refractivity contribution in [3.8, 4) is 11.5 Å². The maximum absolute atomic E-state index is 5.36. The first-order valence-electron chi connectivity index (χ1n) is 7.68. The minimum Gasteiger partial charge on any atom is -0.497 e. The first-order valence-corrected chi connectivity index (χ1v) is 7.68. The van der Waals surface area contributed by atoms with Crippen LogP contribution in [0.15, 0.2) is 24.4 Å². The van der Waals surface area contributed by atoms with E-state index in [0.717, 1.165) is 55.6 Å². The highest BCUT2D eigenvalue weighted by Crippen LogP contribution is 2.23. The van der Waals surface area contributed by atoms with Crippen molar-refractivity contribution in [3.05, 3.63) is 35.7 Å². The van der Waals surface area contributed by atoms with Crippen LogP contribution in [0.5, 0.6) is 11.5 Å². The lowest BCUT2D eigenvalue weighted by atomic mass is 10.2. The third kappa shape index (κ3) is 4.20. The molecule has 2 aromatic rings. The Kier molecular flexibility index (Phi) is 5.09. The standard InChI is InChI=1S/C16H22N4O3/c1-21-15-7-13(8-16(9-15)22-2)10-20-12-14(17-18-20)11-19-3-5-23-6-4-19/h7-9,12H,3-6,10-11H2,1-2H3. The summed E-state index contributed by atoms with van der Waals surface area (Å²) in [5, 5.41) is 8.47. The fourth-order valence-electron chi connectivity index (χ4n) is 2.62. The minimum atomic E-state index is 0.629. The summed E-state index contributed by atoms with van der Waals surface area (Å²) in [4.78, 5) is 2.33. The molecule has 0 unspecified atom stereocenters. The van der Waals surface area contributed by atoms with Crippen LogP contribution in [0.25, 0.3) is 0 Å².